The predicted molar refractivity (Wildman–Crippen MR) is 60.2 cm³/mol. The quantitative estimate of drug-likeness (QED) is 0.794. The first kappa shape index (κ1) is 13.8. The number of carbonyl (C=O) groups is 1. The van der Waals surface area contributed by atoms with Gasteiger partial charge in [0.2, 0.25) is 0 Å². The monoisotopic (exact) mass is 276 g/mol. The summed E-state index contributed by atoms with van der Waals surface area (Å²) in [5, 5.41) is 3.00. The summed E-state index contributed by atoms with van der Waals surface area (Å²) in [5.41, 5.74) is -1.73. The van der Waals surface area contributed by atoms with Gasteiger partial charge in [0.15, 0.2) is 0 Å². The van der Waals surface area contributed by atoms with Crippen molar-refractivity contribution in [3.05, 3.63) is 35.1 Å². The lowest BCUT2D eigenvalue weighted by atomic mass is 10.1. The van der Waals surface area contributed by atoms with Gasteiger partial charge in [0.1, 0.15) is 5.82 Å². The molecule has 1 saturated heterocycles. The van der Waals surface area contributed by atoms with Crippen molar-refractivity contribution in [2.75, 3.05) is 26.2 Å². The molecule has 2 rings (SSSR count). The van der Waals surface area contributed by atoms with Crippen LogP contribution in [0.15, 0.2) is 18.2 Å². The standard InChI is InChI=1S/C12H12F4N2O/c13-8-1-2-9(10(7-8)12(14,15)16)11(19)18-5-3-17-4-6-18/h1-2,7,17H,3-6H2. The Hall–Kier alpha value is -1.63. The van der Waals surface area contributed by atoms with Crippen molar-refractivity contribution in [3.63, 3.8) is 0 Å². The van der Waals surface area contributed by atoms with Gasteiger partial charge in [-0.25, -0.2) is 4.39 Å². The molecule has 1 fully saturated rings. The molecule has 104 valence electrons. The number of piperazine rings is 1. The van der Waals surface area contributed by atoms with Crippen molar-refractivity contribution >= 4 is 5.91 Å². The molecule has 0 bridgehead atoms. The fraction of sp³-hybridized carbons (Fsp3) is 0.417. The third kappa shape index (κ3) is 3.04. The van der Waals surface area contributed by atoms with Crippen LogP contribution in [-0.4, -0.2) is 37.0 Å². The topological polar surface area (TPSA) is 32.3 Å². The molecule has 3 nitrogen and oxygen atoms in total. The van der Waals surface area contributed by atoms with Crippen LogP contribution in [0.2, 0.25) is 0 Å². The van der Waals surface area contributed by atoms with E-state index in [4.69, 9.17) is 0 Å². The number of nitrogens with one attached hydrogen (secondary N) is 1. The van der Waals surface area contributed by atoms with Crippen molar-refractivity contribution in [1.82, 2.24) is 10.2 Å². The molecule has 7 heteroatoms. The van der Waals surface area contributed by atoms with Crippen LogP contribution in [0.5, 0.6) is 0 Å². The highest BCUT2D eigenvalue weighted by atomic mass is 19.4. The predicted octanol–water partition coefficient (Wildman–Crippen LogP) is 1.89. The molecule has 1 aromatic rings. The van der Waals surface area contributed by atoms with Crippen LogP contribution >= 0.6 is 0 Å². The van der Waals surface area contributed by atoms with Gasteiger partial charge in [0.05, 0.1) is 11.1 Å². The van der Waals surface area contributed by atoms with Crippen LogP contribution in [0.3, 0.4) is 0 Å². The van der Waals surface area contributed by atoms with E-state index in [-0.39, 0.29) is 0 Å². The van der Waals surface area contributed by atoms with Gasteiger partial charge < -0.3 is 10.2 Å². The van der Waals surface area contributed by atoms with E-state index in [2.05, 4.69) is 5.32 Å². The number of benzene rings is 1. The largest absolute Gasteiger partial charge is 0.417 e. The first-order chi connectivity index (χ1) is 8.89. The molecule has 1 aromatic carbocycles. The summed E-state index contributed by atoms with van der Waals surface area (Å²) >= 11 is 0. The van der Waals surface area contributed by atoms with Gasteiger partial charge in [-0.05, 0) is 18.2 Å². The Bertz CT molecular complexity index is 481. The smallest absolute Gasteiger partial charge is 0.336 e. The molecule has 1 amide bonds. The Morgan fingerprint density at radius 3 is 2.42 bits per heavy atom. The number of hydrogen-bond acceptors (Lipinski definition) is 2. The second-order valence-corrected chi connectivity index (χ2v) is 4.23. The number of carbonyl (C=O) groups excluding carboxylic acids is 1. The summed E-state index contributed by atoms with van der Waals surface area (Å²) in [7, 11) is 0. The van der Waals surface area contributed by atoms with Gasteiger partial charge in [0, 0.05) is 26.2 Å². The first-order valence-corrected chi connectivity index (χ1v) is 5.76. The summed E-state index contributed by atoms with van der Waals surface area (Å²) in [6.07, 6.45) is -4.75. The highest BCUT2D eigenvalue weighted by molar-refractivity contribution is 5.96. The average molecular weight is 276 g/mol. The maximum Gasteiger partial charge on any atom is 0.417 e. The summed E-state index contributed by atoms with van der Waals surface area (Å²) < 4.78 is 51.4. The molecule has 0 atom stereocenters. The molecular formula is C12H12F4N2O. The lowest BCUT2D eigenvalue weighted by Crippen LogP contribution is -2.46. The van der Waals surface area contributed by atoms with E-state index >= 15 is 0 Å². The third-order valence-electron chi connectivity index (χ3n) is 2.92. The zero-order valence-electron chi connectivity index (χ0n) is 9.93. The minimum Gasteiger partial charge on any atom is -0.336 e. The Balaban J connectivity index is 2.35. The van der Waals surface area contributed by atoms with Crippen molar-refractivity contribution in [2.24, 2.45) is 0 Å². The van der Waals surface area contributed by atoms with Gasteiger partial charge >= 0.3 is 6.18 Å². The van der Waals surface area contributed by atoms with Gasteiger partial charge in [0.25, 0.3) is 5.91 Å². The number of hydrogen-bond donors (Lipinski definition) is 1. The van der Waals surface area contributed by atoms with Gasteiger partial charge in [-0.1, -0.05) is 0 Å². The molecule has 0 aliphatic carbocycles. The molecule has 0 saturated carbocycles. The highest BCUT2D eigenvalue weighted by Crippen LogP contribution is 2.33. The average Bonchev–Trinajstić information content (AvgIpc) is 2.38. The maximum absolute atomic E-state index is 12.9. The summed E-state index contributed by atoms with van der Waals surface area (Å²) in [6.45, 7) is 1.75. The molecule has 19 heavy (non-hydrogen) atoms. The molecule has 1 aliphatic heterocycles. The van der Waals surface area contributed by atoms with Crippen LogP contribution in [-0.2, 0) is 6.18 Å². The van der Waals surface area contributed by atoms with E-state index in [1.165, 1.54) is 4.90 Å². The van der Waals surface area contributed by atoms with Gasteiger partial charge in [-0.15, -0.1) is 0 Å². The summed E-state index contributed by atoms with van der Waals surface area (Å²) in [5.74, 6) is -1.72. The van der Waals surface area contributed by atoms with Crippen molar-refractivity contribution in [2.45, 2.75) is 6.18 Å². The molecule has 0 radical (unpaired) electrons. The Morgan fingerprint density at radius 2 is 1.84 bits per heavy atom. The number of nitrogens with zero attached hydrogens (tertiary/aromatic N) is 1. The normalized spacial score (nSPS) is 16.5. The Morgan fingerprint density at radius 1 is 1.21 bits per heavy atom. The van der Waals surface area contributed by atoms with Crippen molar-refractivity contribution < 1.29 is 22.4 Å². The van der Waals surface area contributed by atoms with Crippen LogP contribution in [0.25, 0.3) is 0 Å². The molecule has 1 aliphatic rings. The summed E-state index contributed by atoms with van der Waals surface area (Å²) in [4.78, 5) is 13.4. The third-order valence-corrected chi connectivity index (χ3v) is 2.92. The van der Waals surface area contributed by atoms with Crippen LogP contribution in [0.4, 0.5) is 17.6 Å². The Labute approximate surface area is 107 Å². The van der Waals surface area contributed by atoms with Crippen LogP contribution in [0.1, 0.15) is 15.9 Å². The number of rotatable bonds is 1. The fourth-order valence-electron chi connectivity index (χ4n) is 1.98. The fourth-order valence-corrected chi connectivity index (χ4v) is 1.98. The van der Waals surface area contributed by atoms with Gasteiger partial charge in [-0.3, -0.25) is 4.79 Å². The minimum absolute atomic E-state index is 0.341. The molecule has 0 aromatic heterocycles. The number of alkyl halides is 3. The van der Waals surface area contributed by atoms with E-state index in [9.17, 15) is 22.4 Å². The molecule has 1 N–H and O–H groups in total. The van der Waals surface area contributed by atoms with E-state index in [1.807, 2.05) is 0 Å². The van der Waals surface area contributed by atoms with Crippen LogP contribution in [0, 0.1) is 5.82 Å². The minimum atomic E-state index is -4.75. The van der Waals surface area contributed by atoms with E-state index in [0.29, 0.717) is 32.2 Å². The molecular weight excluding hydrogens is 264 g/mol. The number of amides is 1. The molecule has 1 heterocycles. The van der Waals surface area contributed by atoms with E-state index < -0.39 is 29.0 Å². The van der Waals surface area contributed by atoms with Gasteiger partial charge in [-0.2, -0.15) is 13.2 Å². The van der Waals surface area contributed by atoms with Crippen LogP contribution < -0.4 is 5.32 Å². The van der Waals surface area contributed by atoms with Crippen molar-refractivity contribution in [3.8, 4) is 0 Å². The zero-order valence-corrected chi connectivity index (χ0v) is 9.93. The second kappa shape index (κ2) is 5.16. The first-order valence-electron chi connectivity index (χ1n) is 5.76. The molecule has 0 unspecified atom stereocenters. The van der Waals surface area contributed by atoms with E-state index in [1.54, 1.807) is 0 Å². The summed E-state index contributed by atoms with van der Waals surface area (Å²) in [6, 6.07) is 2.11. The second-order valence-electron chi connectivity index (χ2n) is 4.23. The van der Waals surface area contributed by atoms with Crippen molar-refractivity contribution in [1.29, 1.82) is 0 Å². The SMILES string of the molecule is O=C(c1ccc(F)cc1C(F)(F)F)N1CCNCC1. The zero-order chi connectivity index (χ0) is 14.0. The lowest BCUT2D eigenvalue weighted by molar-refractivity contribution is -0.138. The Kier molecular flexibility index (Phi) is 3.75. The maximum atomic E-state index is 12.9. The molecule has 0 spiro atoms. The highest BCUT2D eigenvalue weighted by Gasteiger charge is 2.36. The number of halogens is 4. The van der Waals surface area contributed by atoms with E-state index in [0.717, 1.165) is 12.1 Å². The lowest BCUT2D eigenvalue weighted by Gasteiger charge is -2.28.